The highest BCUT2D eigenvalue weighted by atomic mass is 35.5. The molecule has 3 nitrogen and oxygen atoms in total. The van der Waals surface area contributed by atoms with E-state index in [0.717, 1.165) is 47.9 Å². The van der Waals surface area contributed by atoms with Crippen LogP contribution >= 0.6 is 11.6 Å². The first-order valence-electron chi connectivity index (χ1n) is 9.81. The summed E-state index contributed by atoms with van der Waals surface area (Å²) in [7, 11) is 0. The van der Waals surface area contributed by atoms with Crippen LogP contribution in [0.2, 0.25) is 5.15 Å². The van der Waals surface area contributed by atoms with Gasteiger partial charge in [0.1, 0.15) is 10.9 Å². The normalized spacial score (nSPS) is 28.9. The molecule has 1 aromatic heterocycles. The molecule has 2 fully saturated rings. The van der Waals surface area contributed by atoms with E-state index in [1.54, 1.807) is 12.3 Å². The molecule has 2 aromatic rings. The van der Waals surface area contributed by atoms with Gasteiger partial charge in [0.2, 0.25) is 0 Å². The number of fused-ring (bicyclic) bond motifs is 5. The van der Waals surface area contributed by atoms with Gasteiger partial charge < -0.3 is 5.11 Å². The van der Waals surface area contributed by atoms with Crippen molar-refractivity contribution in [2.45, 2.75) is 32.6 Å². The van der Waals surface area contributed by atoms with Gasteiger partial charge in [0, 0.05) is 23.6 Å². The van der Waals surface area contributed by atoms with E-state index in [1.165, 1.54) is 0 Å². The van der Waals surface area contributed by atoms with Gasteiger partial charge in [0.05, 0.1) is 5.57 Å². The molecule has 0 aliphatic heterocycles. The summed E-state index contributed by atoms with van der Waals surface area (Å²) >= 11 is 5.91. The molecule has 3 aliphatic carbocycles. The Hall–Kier alpha value is -2.13. The molecule has 2 saturated carbocycles. The summed E-state index contributed by atoms with van der Waals surface area (Å²) in [5.41, 5.74) is 4.50. The summed E-state index contributed by atoms with van der Waals surface area (Å²) in [5, 5.41) is 11.5. The van der Waals surface area contributed by atoms with Crippen molar-refractivity contribution in [2.75, 3.05) is 0 Å². The molecular formula is C23H22ClNO2. The number of aliphatic hydroxyl groups excluding tert-OH is 1. The van der Waals surface area contributed by atoms with Gasteiger partial charge in [-0.2, -0.15) is 0 Å². The molecule has 0 unspecified atom stereocenters. The molecule has 138 valence electrons. The quantitative estimate of drug-likeness (QED) is 0.718. The van der Waals surface area contributed by atoms with E-state index in [1.807, 2.05) is 12.1 Å². The van der Waals surface area contributed by atoms with Crippen LogP contribution < -0.4 is 0 Å². The number of benzene rings is 1. The monoisotopic (exact) mass is 379 g/mol. The number of aromatic nitrogens is 1. The van der Waals surface area contributed by atoms with Gasteiger partial charge in [-0.1, -0.05) is 30.7 Å². The maximum absolute atomic E-state index is 13.3. The number of aryl methyl sites for hydroxylation is 1. The average Bonchev–Trinajstić information content (AvgIpc) is 3.36. The number of aliphatic hydroxyl groups is 1. The second-order valence-electron chi connectivity index (χ2n) is 8.10. The predicted octanol–water partition coefficient (Wildman–Crippen LogP) is 5.48. The Kier molecular flexibility index (Phi) is 3.90. The molecule has 4 atom stereocenters. The molecule has 0 saturated heterocycles. The minimum Gasteiger partial charge on any atom is -0.511 e. The van der Waals surface area contributed by atoms with Gasteiger partial charge in [0.25, 0.3) is 0 Å². The smallest absolute Gasteiger partial charge is 0.170 e. The molecule has 0 spiro atoms. The maximum atomic E-state index is 13.3. The maximum Gasteiger partial charge on any atom is 0.170 e. The second kappa shape index (κ2) is 6.20. The van der Waals surface area contributed by atoms with Crippen molar-refractivity contribution >= 4 is 23.0 Å². The predicted molar refractivity (Wildman–Crippen MR) is 106 cm³/mol. The van der Waals surface area contributed by atoms with Gasteiger partial charge in [-0.15, -0.1) is 0 Å². The van der Waals surface area contributed by atoms with Crippen molar-refractivity contribution in [3.63, 3.8) is 0 Å². The van der Waals surface area contributed by atoms with Gasteiger partial charge in [-0.3, -0.25) is 4.79 Å². The number of halogens is 1. The van der Waals surface area contributed by atoms with Crippen molar-refractivity contribution in [1.82, 2.24) is 4.98 Å². The Labute approximate surface area is 164 Å². The Bertz CT molecular complexity index is 963. The highest BCUT2D eigenvalue weighted by Gasteiger charge is 2.57. The van der Waals surface area contributed by atoms with Crippen molar-refractivity contribution in [3.05, 3.63) is 58.6 Å². The van der Waals surface area contributed by atoms with Crippen LogP contribution in [-0.2, 0) is 11.2 Å². The molecule has 1 aromatic carbocycles. The number of carbonyl (C=O) groups excluding carboxylic acids is 1. The Morgan fingerprint density at radius 3 is 2.52 bits per heavy atom. The van der Waals surface area contributed by atoms with Crippen molar-refractivity contribution in [1.29, 1.82) is 0 Å². The third kappa shape index (κ3) is 2.48. The molecule has 4 heteroatoms. The SMILES string of the molecule is CCc1ccc(-c2ccc(Cl)nc2)cc1C1=C(O)[C@@H]2[C@@H]3CC[C@@H](C3)[C@@H]2C1=O. The number of hydrogen-bond donors (Lipinski definition) is 1. The lowest BCUT2D eigenvalue weighted by Crippen LogP contribution is -2.24. The Balaban J connectivity index is 1.63. The van der Waals surface area contributed by atoms with E-state index in [9.17, 15) is 9.90 Å². The largest absolute Gasteiger partial charge is 0.511 e. The van der Waals surface area contributed by atoms with Crippen LogP contribution in [0.15, 0.2) is 42.3 Å². The number of pyridine rings is 1. The third-order valence-electron chi connectivity index (χ3n) is 6.86. The van der Waals surface area contributed by atoms with E-state index in [2.05, 4.69) is 24.0 Å². The number of hydrogen-bond acceptors (Lipinski definition) is 3. The van der Waals surface area contributed by atoms with Crippen molar-refractivity contribution in [2.24, 2.45) is 23.7 Å². The average molecular weight is 380 g/mol. The van der Waals surface area contributed by atoms with Crippen LogP contribution in [0.5, 0.6) is 0 Å². The number of ketones is 1. The van der Waals surface area contributed by atoms with Gasteiger partial charge in [-0.25, -0.2) is 4.98 Å². The fourth-order valence-corrected chi connectivity index (χ4v) is 5.75. The summed E-state index contributed by atoms with van der Waals surface area (Å²) in [6.45, 7) is 2.09. The fraction of sp³-hybridized carbons (Fsp3) is 0.391. The summed E-state index contributed by atoms with van der Waals surface area (Å²) in [6, 6.07) is 9.85. The summed E-state index contributed by atoms with van der Waals surface area (Å²) in [6.07, 6.45) is 5.95. The third-order valence-corrected chi connectivity index (χ3v) is 7.08. The lowest BCUT2D eigenvalue weighted by Gasteiger charge is -2.23. The van der Waals surface area contributed by atoms with Crippen LogP contribution in [-0.4, -0.2) is 15.9 Å². The van der Waals surface area contributed by atoms with Crippen molar-refractivity contribution in [3.8, 4) is 11.1 Å². The number of rotatable bonds is 3. The molecule has 1 heterocycles. The minimum absolute atomic E-state index is 0.00399. The highest BCUT2D eigenvalue weighted by Crippen LogP contribution is 2.60. The fourth-order valence-electron chi connectivity index (χ4n) is 5.64. The highest BCUT2D eigenvalue weighted by molar-refractivity contribution is 6.29. The standard InChI is InChI=1S/C23H22ClNO2/c1-2-12-3-4-13(16-7-8-18(24)25-11-16)10-17(12)21-22(26)19-14-5-6-15(9-14)20(19)23(21)27/h3-4,7-8,10-11,14-15,19-20,26H,2,5-6,9H2,1H3/t14-,15+,19-,20+/m1/s1. The molecule has 2 bridgehead atoms. The Morgan fingerprint density at radius 2 is 1.85 bits per heavy atom. The van der Waals surface area contributed by atoms with Crippen LogP contribution in [0.3, 0.4) is 0 Å². The molecule has 1 N–H and O–H groups in total. The number of allylic oxidation sites excluding steroid dienone is 2. The molecule has 5 rings (SSSR count). The van der Waals surface area contributed by atoms with E-state index in [-0.39, 0.29) is 17.6 Å². The molecule has 27 heavy (non-hydrogen) atoms. The van der Waals surface area contributed by atoms with Crippen LogP contribution in [0.4, 0.5) is 0 Å². The minimum atomic E-state index is 0.00399. The first-order chi connectivity index (χ1) is 13.1. The second-order valence-corrected chi connectivity index (χ2v) is 8.49. The summed E-state index contributed by atoms with van der Waals surface area (Å²) < 4.78 is 0. The van der Waals surface area contributed by atoms with E-state index < -0.39 is 0 Å². The van der Waals surface area contributed by atoms with Gasteiger partial charge in [0.15, 0.2) is 5.78 Å². The molecule has 0 amide bonds. The Morgan fingerprint density at radius 1 is 1.11 bits per heavy atom. The molecular weight excluding hydrogens is 358 g/mol. The first-order valence-corrected chi connectivity index (χ1v) is 10.2. The summed E-state index contributed by atoms with van der Waals surface area (Å²) in [5.74, 6) is 1.50. The van der Waals surface area contributed by atoms with E-state index in [0.29, 0.717) is 28.3 Å². The number of carbonyl (C=O) groups is 1. The van der Waals surface area contributed by atoms with Gasteiger partial charge >= 0.3 is 0 Å². The number of Topliss-reactive ketones (excluding diaryl/α,β-unsaturated/α-hetero) is 1. The topological polar surface area (TPSA) is 50.2 Å². The van der Waals surface area contributed by atoms with Crippen LogP contribution in [0.25, 0.3) is 16.7 Å². The number of nitrogens with zero attached hydrogens (tertiary/aromatic N) is 1. The zero-order valence-electron chi connectivity index (χ0n) is 15.3. The lowest BCUT2D eigenvalue weighted by molar-refractivity contribution is -0.118. The molecule has 0 radical (unpaired) electrons. The zero-order chi connectivity index (χ0) is 18.7. The first kappa shape index (κ1) is 17.0. The zero-order valence-corrected chi connectivity index (χ0v) is 16.0. The van der Waals surface area contributed by atoms with E-state index >= 15 is 0 Å². The van der Waals surface area contributed by atoms with E-state index in [4.69, 9.17) is 11.6 Å². The van der Waals surface area contributed by atoms with Crippen LogP contribution in [0, 0.1) is 23.7 Å². The summed E-state index contributed by atoms with van der Waals surface area (Å²) in [4.78, 5) is 17.5. The van der Waals surface area contributed by atoms with Crippen LogP contribution in [0.1, 0.15) is 37.3 Å². The van der Waals surface area contributed by atoms with Crippen molar-refractivity contribution < 1.29 is 9.90 Å². The van der Waals surface area contributed by atoms with Gasteiger partial charge in [-0.05, 0) is 72.4 Å². The molecule has 3 aliphatic rings. The lowest BCUT2D eigenvalue weighted by atomic mass is 9.80.